The van der Waals surface area contributed by atoms with Crippen LogP contribution >= 0.6 is 11.3 Å². The van der Waals surface area contributed by atoms with Crippen molar-refractivity contribution in [2.45, 2.75) is 38.0 Å². The number of nitrogens with zero attached hydrogens (tertiary/aromatic N) is 1. The lowest BCUT2D eigenvalue weighted by molar-refractivity contribution is -0.120. The number of amides is 1. The van der Waals surface area contributed by atoms with Crippen LogP contribution in [0, 0.1) is 11.7 Å². The van der Waals surface area contributed by atoms with E-state index in [4.69, 9.17) is 4.74 Å². The highest BCUT2D eigenvalue weighted by Crippen LogP contribution is 2.31. The van der Waals surface area contributed by atoms with Crippen LogP contribution in [0.5, 0.6) is 0 Å². The van der Waals surface area contributed by atoms with Gasteiger partial charge in [-0.15, -0.1) is 11.3 Å². The molecule has 0 radical (unpaired) electrons. The van der Waals surface area contributed by atoms with Gasteiger partial charge in [-0.3, -0.25) is 4.79 Å². The number of carbonyl (C=O) groups excluding carboxylic acids is 2. The second kappa shape index (κ2) is 9.88. The predicted molar refractivity (Wildman–Crippen MR) is 116 cm³/mol. The number of hydrogen-bond donors (Lipinski definition) is 1. The Balaban J connectivity index is 1.65. The number of rotatable bonds is 7. The summed E-state index contributed by atoms with van der Waals surface area (Å²) in [4.78, 5) is 26.0. The van der Waals surface area contributed by atoms with Crippen molar-refractivity contribution < 1.29 is 27.1 Å². The maximum Gasteiger partial charge on any atom is 0.341 e. The highest BCUT2D eigenvalue weighted by atomic mass is 32.2. The summed E-state index contributed by atoms with van der Waals surface area (Å²) >= 11 is 1.34. The van der Waals surface area contributed by atoms with Gasteiger partial charge in [-0.25, -0.2) is 17.6 Å². The lowest BCUT2D eigenvalue weighted by Crippen LogP contribution is -2.41. The normalized spacial score (nSPS) is 15.6. The maximum atomic E-state index is 13.1. The first-order valence-electron chi connectivity index (χ1n) is 10.1. The minimum absolute atomic E-state index is 0.0292. The number of halogens is 1. The van der Waals surface area contributed by atoms with E-state index in [1.807, 2.05) is 6.92 Å². The minimum Gasteiger partial charge on any atom is -0.462 e. The summed E-state index contributed by atoms with van der Waals surface area (Å²) in [6, 6.07) is 6.43. The first kappa shape index (κ1) is 23.4. The number of piperidine rings is 1. The van der Waals surface area contributed by atoms with Crippen LogP contribution in [0.15, 0.2) is 35.2 Å². The molecule has 1 saturated heterocycles. The van der Waals surface area contributed by atoms with Crippen LogP contribution in [0.3, 0.4) is 0 Å². The van der Waals surface area contributed by atoms with Crippen LogP contribution in [-0.4, -0.2) is 44.3 Å². The summed E-state index contributed by atoms with van der Waals surface area (Å²) in [5, 5.41) is 3.29. The molecular formula is C21H25FN2O5S2. The third-order valence-corrected chi connectivity index (χ3v) is 8.25. The Bertz CT molecular complexity index is 1040. The molecule has 1 aromatic carbocycles. The lowest BCUT2D eigenvalue weighted by Gasteiger charge is -2.30. The van der Waals surface area contributed by atoms with Gasteiger partial charge < -0.3 is 10.1 Å². The number of hydrogen-bond acceptors (Lipinski definition) is 6. The molecule has 1 aromatic heterocycles. The monoisotopic (exact) mass is 468 g/mol. The zero-order valence-electron chi connectivity index (χ0n) is 17.4. The van der Waals surface area contributed by atoms with E-state index in [0.717, 1.165) is 23.4 Å². The van der Waals surface area contributed by atoms with Gasteiger partial charge in [0, 0.05) is 23.9 Å². The second-order valence-corrected chi connectivity index (χ2v) is 10.2. The molecule has 0 unspecified atom stereocenters. The van der Waals surface area contributed by atoms with Crippen LogP contribution in [0.4, 0.5) is 9.39 Å². The van der Waals surface area contributed by atoms with E-state index in [9.17, 15) is 22.4 Å². The molecule has 2 heterocycles. The predicted octanol–water partition coefficient (Wildman–Crippen LogP) is 3.67. The summed E-state index contributed by atoms with van der Waals surface area (Å²) < 4.78 is 45.0. The molecule has 0 saturated carbocycles. The van der Waals surface area contributed by atoms with Crippen molar-refractivity contribution in [3.05, 3.63) is 46.6 Å². The lowest BCUT2D eigenvalue weighted by atomic mass is 9.97. The van der Waals surface area contributed by atoms with Crippen LogP contribution in [0.2, 0.25) is 0 Å². The SMILES string of the molecule is CCOC(=O)c1cc(CC)sc1NC(=O)C1CCN(S(=O)(=O)c2ccc(F)cc2)CC1. The first-order chi connectivity index (χ1) is 14.8. The number of ether oxygens (including phenoxy) is 1. The second-order valence-electron chi connectivity index (χ2n) is 7.15. The fourth-order valence-corrected chi connectivity index (χ4v) is 5.85. The van der Waals surface area contributed by atoms with Crippen LogP contribution < -0.4 is 5.32 Å². The summed E-state index contributed by atoms with van der Waals surface area (Å²) in [7, 11) is -3.74. The molecule has 0 bridgehead atoms. The van der Waals surface area contributed by atoms with E-state index in [1.54, 1.807) is 13.0 Å². The molecule has 0 aliphatic carbocycles. The standard InChI is InChI=1S/C21H25FN2O5S2/c1-3-16-13-18(21(26)29-4-2)20(30-16)23-19(25)14-9-11-24(12-10-14)31(27,28)17-7-5-15(22)6-8-17/h5-8,13-14H,3-4,9-12H2,1-2H3,(H,23,25). The number of nitrogens with one attached hydrogen (secondary N) is 1. The van der Waals surface area contributed by atoms with Crippen molar-refractivity contribution >= 4 is 38.2 Å². The molecule has 1 fully saturated rings. The molecule has 2 aromatic rings. The van der Waals surface area contributed by atoms with Gasteiger partial charge in [-0.05, 0) is 56.5 Å². The van der Waals surface area contributed by atoms with E-state index in [2.05, 4.69) is 5.32 Å². The number of benzene rings is 1. The first-order valence-corrected chi connectivity index (χ1v) is 12.4. The number of aryl methyl sites for hydroxylation is 1. The fourth-order valence-electron chi connectivity index (χ4n) is 3.40. The smallest absolute Gasteiger partial charge is 0.341 e. The van der Waals surface area contributed by atoms with Gasteiger partial charge in [-0.2, -0.15) is 4.31 Å². The van der Waals surface area contributed by atoms with Gasteiger partial charge >= 0.3 is 5.97 Å². The molecule has 0 atom stereocenters. The van der Waals surface area contributed by atoms with E-state index in [1.165, 1.54) is 27.8 Å². The summed E-state index contributed by atoms with van der Waals surface area (Å²) in [5.74, 6) is -1.60. The molecule has 10 heteroatoms. The van der Waals surface area contributed by atoms with E-state index in [-0.39, 0.29) is 36.4 Å². The minimum atomic E-state index is -3.74. The van der Waals surface area contributed by atoms with Gasteiger partial charge in [0.1, 0.15) is 10.8 Å². The maximum absolute atomic E-state index is 13.1. The van der Waals surface area contributed by atoms with E-state index in [0.29, 0.717) is 23.4 Å². The Kier molecular flexibility index (Phi) is 7.45. The Morgan fingerprint density at radius 3 is 2.42 bits per heavy atom. The molecule has 1 aliphatic rings. The van der Waals surface area contributed by atoms with Crippen LogP contribution in [0.1, 0.15) is 41.9 Å². The van der Waals surface area contributed by atoms with Crippen LogP contribution in [-0.2, 0) is 26.0 Å². The number of sulfonamides is 1. The van der Waals surface area contributed by atoms with Crippen molar-refractivity contribution in [2.75, 3.05) is 25.0 Å². The number of anilines is 1. The topological polar surface area (TPSA) is 92.8 Å². The average Bonchev–Trinajstić information content (AvgIpc) is 3.17. The van der Waals surface area contributed by atoms with Crippen LogP contribution in [0.25, 0.3) is 0 Å². The molecule has 0 spiro atoms. The highest BCUT2D eigenvalue weighted by Gasteiger charge is 2.32. The molecule has 168 valence electrons. The van der Waals surface area contributed by atoms with E-state index < -0.39 is 21.8 Å². The quantitative estimate of drug-likeness (QED) is 0.626. The average molecular weight is 469 g/mol. The van der Waals surface area contributed by atoms with Gasteiger partial charge in [0.05, 0.1) is 17.1 Å². The largest absolute Gasteiger partial charge is 0.462 e. The number of thiophene rings is 1. The van der Waals surface area contributed by atoms with Crippen molar-refractivity contribution in [2.24, 2.45) is 5.92 Å². The third kappa shape index (κ3) is 5.31. The molecule has 7 nitrogen and oxygen atoms in total. The summed E-state index contributed by atoms with van der Waals surface area (Å²) in [5.41, 5.74) is 0.341. The zero-order valence-corrected chi connectivity index (χ0v) is 19.0. The fraction of sp³-hybridized carbons (Fsp3) is 0.429. The number of carbonyl (C=O) groups is 2. The summed E-state index contributed by atoms with van der Waals surface area (Å²) in [6.45, 7) is 4.30. The van der Waals surface area contributed by atoms with Gasteiger partial charge in [-0.1, -0.05) is 6.92 Å². The molecule has 3 rings (SSSR count). The van der Waals surface area contributed by atoms with Gasteiger partial charge in [0.15, 0.2) is 0 Å². The van der Waals surface area contributed by atoms with E-state index >= 15 is 0 Å². The van der Waals surface area contributed by atoms with Crippen molar-refractivity contribution in [3.63, 3.8) is 0 Å². The molecule has 1 aliphatic heterocycles. The Morgan fingerprint density at radius 2 is 1.84 bits per heavy atom. The Labute approximate surface area is 185 Å². The molecule has 1 N–H and O–H groups in total. The molecule has 1 amide bonds. The van der Waals surface area contributed by atoms with Gasteiger partial charge in [0.2, 0.25) is 15.9 Å². The Hall–Kier alpha value is -2.30. The number of esters is 1. The zero-order chi connectivity index (χ0) is 22.6. The molecular weight excluding hydrogens is 443 g/mol. The highest BCUT2D eigenvalue weighted by molar-refractivity contribution is 7.89. The Morgan fingerprint density at radius 1 is 1.19 bits per heavy atom. The summed E-state index contributed by atoms with van der Waals surface area (Å²) in [6.07, 6.45) is 1.44. The van der Waals surface area contributed by atoms with Crippen molar-refractivity contribution in [1.82, 2.24) is 4.31 Å². The van der Waals surface area contributed by atoms with Crippen molar-refractivity contribution in [3.8, 4) is 0 Å². The molecule has 31 heavy (non-hydrogen) atoms. The van der Waals surface area contributed by atoms with Crippen molar-refractivity contribution in [1.29, 1.82) is 0 Å². The third-order valence-electron chi connectivity index (χ3n) is 5.14. The van der Waals surface area contributed by atoms with Gasteiger partial charge in [0.25, 0.3) is 0 Å².